The Balaban J connectivity index is 1.55. The summed E-state index contributed by atoms with van der Waals surface area (Å²) in [6.07, 6.45) is 0. The van der Waals surface area contributed by atoms with E-state index in [9.17, 15) is 0 Å². The van der Waals surface area contributed by atoms with Crippen LogP contribution in [0.5, 0.6) is 0 Å². The second-order valence-corrected chi connectivity index (χ2v) is 7.73. The molecule has 0 amide bonds. The fourth-order valence-corrected chi connectivity index (χ4v) is 4.00. The fraction of sp³-hybridized carbons (Fsp3) is 0.318. The van der Waals surface area contributed by atoms with Gasteiger partial charge in [-0.1, -0.05) is 23.7 Å². The van der Waals surface area contributed by atoms with Gasteiger partial charge in [0.15, 0.2) is 0 Å². The number of piperazine rings is 1. The Morgan fingerprint density at radius 2 is 1.54 bits per heavy atom. The Kier molecular flexibility index (Phi) is 4.49. The minimum Gasteiger partial charge on any atom is -0.363 e. The molecule has 2 heterocycles. The molecule has 1 aliphatic rings. The standard InChI is InChI=1S/C22H24ClN3/c1-15-4-5-16(2)21(12-15)25-8-10-26(11-9-25)22-13-17(3)19-14-18(23)6-7-20(19)24-22/h4-7,12-14H,8-11H2,1-3H3/p+1. The number of aromatic nitrogens is 1. The highest BCUT2D eigenvalue weighted by molar-refractivity contribution is 6.31. The lowest BCUT2D eigenvalue weighted by atomic mass is 10.1. The molecule has 0 bridgehead atoms. The zero-order chi connectivity index (χ0) is 18.3. The number of hydrogen-bond acceptors (Lipinski definition) is 2. The van der Waals surface area contributed by atoms with Crippen molar-refractivity contribution in [2.45, 2.75) is 20.8 Å². The summed E-state index contributed by atoms with van der Waals surface area (Å²) >= 11 is 6.15. The van der Waals surface area contributed by atoms with Crippen molar-refractivity contribution in [1.82, 2.24) is 0 Å². The van der Waals surface area contributed by atoms with Crippen molar-refractivity contribution in [1.29, 1.82) is 0 Å². The van der Waals surface area contributed by atoms with Crippen LogP contribution in [-0.4, -0.2) is 26.2 Å². The highest BCUT2D eigenvalue weighted by atomic mass is 35.5. The van der Waals surface area contributed by atoms with Crippen molar-refractivity contribution in [3.63, 3.8) is 0 Å². The third-order valence-corrected chi connectivity index (χ3v) is 5.58. The van der Waals surface area contributed by atoms with E-state index >= 15 is 0 Å². The van der Waals surface area contributed by atoms with E-state index in [4.69, 9.17) is 11.6 Å². The van der Waals surface area contributed by atoms with Crippen molar-refractivity contribution in [3.8, 4) is 0 Å². The Morgan fingerprint density at radius 3 is 2.31 bits per heavy atom. The van der Waals surface area contributed by atoms with Crippen LogP contribution in [0.2, 0.25) is 5.02 Å². The number of halogens is 1. The molecule has 0 spiro atoms. The van der Waals surface area contributed by atoms with Gasteiger partial charge in [0.1, 0.15) is 18.6 Å². The predicted molar refractivity (Wildman–Crippen MR) is 111 cm³/mol. The maximum atomic E-state index is 6.15. The molecule has 0 saturated carbocycles. The summed E-state index contributed by atoms with van der Waals surface area (Å²) in [5.74, 6) is 1.19. The third kappa shape index (κ3) is 3.24. The maximum absolute atomic E-state index is 6.15. The molecule has 0 radical (unpaired) electrons. The van der Waals surface area contributed by atoms with Crippen LogP contribution in [0.1, 0.15) is 16.7 Å². The van der Waals surface area contributed by atoms with Gasteiger partial charge in [-0.05, 0) is 61.7 Å². The molecule has 1 aliphatic heterocycles. The van der Waals surface area contributed by atoms with Crippen molar-refractivity contribution in [3.05, 3.63) is 64.2 Å². The van der Waals surface area contributed by atoms with Crippen LogP contribution in [0.4, 0.5) is 11.5 Å². The quantitative estimate of drug-likeness (QED) is 0.662. The van der Waals surface area contributed by atoms with Gasteiger partial charge in [0.05, 0.1) is 13.1 Å². The van der Waals surface area contributed by atoms with Crippen molar-refractivity contribution in [2.75, 3.05) is 36.0 Å². The number of fused-ring (bicyclic) bond motifs is 1. The lowest BCUT2D eigenvalue weighted by Crippen LogP contribution is -2.48. The zero-order valence-electron chi connectivity index (χ0n) is 15.6. The minimum atomic E-state index is 0.781. The molecular formula is C22H25ClN3+. The summed E-state index contributed by atoms with van der Waals surface area (Å²) in [5.41, 5.74) is 6.45. The Hall–Kier alpha value is -2.26. The number of nitrogens with one attached hydrogen (secondary N) is 1. The lowest BCUT2D eigenvalue weighted by molar-refractivity contribution is -0.330. The summed E-state index contributed by atoms with van der Waals surface area (Å²) in [4.78, 5) is 8.54. The molecular weight excluding hydrogens is 342 g/mol. The van der Waals surface area contributed by atoms with E-state index in [0.717, 1.165) is 36.7 Å². The van der Waals surface area contributed by atoms with Gasteiger partial charge in [-0.2, -0.15) is 0 Å². The number of aryl methyl sites for hydroxylation is 3. The van der Waals surface area contributed by atoms with E-state index in [1.807, 2.05) is 12.1 Å². The van der Waals surface area contributed by atoms with Crippen LogP contribution in [0, 0.1) is 20.8 Å². The molecule has 3 nitrogen and oxygen atoms in total. The monoisotopic (exact) mass is 366 g/mol. The Labute approximate surface area is 160 Å². The van der Waals surface area contributed by atoms with Gasteiger partial charge in [0.2, 0.25) is 0 Å². The number of rotatable bonds is 2. The second-order valence-electron chi connectivity index (χ2n) is 7.29. The SMILES string of the molecule is Cc1ccc(C)c(N2CCN(c3cc(C)c4cc(Cl)ccc4[nH+]3)CC2)c1. The molecule has 4 heteroatoms. The lowest BCUT2D eigenvalue weighted by Gasteiger charge is -2.33. The van der Waals surface area contributed by atoms with E-state index in [0.29, 0.717) is 0 Å². The van der Waals surface area contributed by atoms with Crippen LogP contribution in [0.25, 0.3) is 10.9 Å². The van der Waals surface area contributed by atoms with E-state index in [-0.39, 0.29) is 0 Å². The smallest absolute Gasteiger partial charge is 0.275 e. The molecule has 3 aromatic rings. The van der Waals surface area contributed by atoms with Crippen molar-refractivity contribution in [2.24, 2.45) is 0 Å². The van der Waals surface area contributed by atoms with Crippen LogP contribution in [0.3, 0.4) is 0 Å². The first-order valence-electron chi connectivity index (χ1n) is 9.20. The molecule has 26 heavy (non-hydrogen) atoms. The molecule has 0 unspecified atom stereocenters. The highest BCUT2D eigenvalue weighted by Crippen LogP contribution is 2.26. The fourth-order valence-electron chi connectivity index (χ4n) is 3.83. The second kappa shape index (κ2) is 6.81. The number of H-pyrrole nitrogens is 1. The van der Waals surface area contributed by atoms with Crippen LogP contribution < -0.4 is 14.8 Å². The van der Waals surface area contributed by atoms with Gasteiger partial charge < -0.3 is 4.90 Å². The number of benzene rings is 2. The Morgan fingerprint density at radius 1 is 0.808 bits per heavy atom. The zero-order valence-corrected chi connectivity index (χ0v) is 16.4. The normalized spacial score (nSPS) is 14.9. The van der Waals surface area contributed by atoms with Gasteiger partial charge in [0.25, 0.3) is 5.82 Å². The molecule has 1 aromatic heterocycles. The van der Waals surface area contributed by atoms with E-state index in [1.165, 1.54) is 33.6 Å². The van der Waals surface area contributed by atoms with Gasteiger partial charge in [-0.15, -0.1) is 0 Å². The predicted octanol–water partition coefficient (Wildman–Crippen LogP) is 4.56. The summed E-state index contributed by atoms with van der Waals surface area (Å²) in [6.45, 7) is 10.6. The molecule has 0 atom stereocenters. The van der Waals surface area contributed by atoms with Crippen LogP contribution in [0.15, 0.2) is 42.5 Å². The number of nitrogens with zero attached hydrogens (tertiary/aromatic N) is 2. The number of anilines is 2. The van der Waals surface area contributed by atoms with Gasteiger partial charge in [0, 0.05) is 22.2 Å². The van der Waals surface area contributed by atoms with E-state index in [2.05, 4.69) is 65.9 Å². The molecule has 0 aliphatic carbocycles. The Bertz CT molecular complexity index is 959. The van der Waals surface area contributed by atoms with Crippen LogP contribution >= 0.6 is 11.6 Å². The van der Waals surface area contributed by atoms with Gasteiger partial charge >= 0.3 is 0 Å². The molecule has 4 rings (SSSR count). The summed E-state index contributed by atoms with van der Waals surface area (Å²) in [7, 11) is 0. The van der Waals surface area contributed by atoms with Crippen molar-refractivity contribution >= 4 is 34.0 Å². The first kappa shape index (κ1) is 17.2. The number of hydrogen-bond donors (Lipinski definition) is 0. The third-order valence-electron chi connectivity index (χ3n) is 5.35. The minimum absolute atomic E-state index is 0.781. The van der Waals surface area contributed by atoms with E-state index in [1.54, 1.807) is 0 Å². The average molecular weight is 367 g/mol. The first-order valence-corrected chi connectivity index (χ1v) is 9.58. The largest absolute Gasteiger partial charge is 0.363 e. The van der Waals surface area contributed by atoms with Gasteiger partial charge in [-0.3, -0.25) is 4.90 Å². The summed E-state index contributed by atoms with van der Waals surface area (Å²) in [6, 6.07) is 15.0. The van der Waals surface area contributed by atoms with Crippen LogP contribution in [-0.2, 0) is 0 Å². The summed E-state index contributed by atoms with van der Waals surface area (Å²) < 4.78 is 0. The molecule has 2 aromatic carbocycles. The molecule has 1 N–H and O–H groups in total. The molecule has 134 valence electrons. The topological polar surface area (TPSA) is 20.6 Å². The number of aromatic amines is 1. The first-order chi connectivity index (χ1) is 12.5. The average Bonchev–Trinajstić information content (AvgIpc) is 2.64. The molecule has 1 saturated heterocycles. The molecule has 1 fully saturated rings. The van der Waals surface area contributed by atoms with Crippen molar-refractivity contribution < 1.29 is 4.98 Å². The maximum Gasteiger partial charge on any atom is 0.275 e. The highest BCUT2D eigenvalue weighted by Gasteiger charge is 2.25. The summed E-state index contributed by atoms with van der Waals surface area (Å²) in [5, 5.41) is 1.97. The number of pyridine rings is 1. The van der Waals surface area contributed by atoms with Gasteiger partial charge in [-0.25, -0.2) is 4.98 Å². The van der Waals surface area contributed by atoms with E-state index < -0.39 is 0 Å².